The molecule has 4 nitrogen and oxygen atoms in total. The zero-order chi connectivity index (χ0) is 11.3. The maximum atomic E-state index is 12.6. The van der Waals surface area contributed by atoms with Crippen LogP contribution in [-0.2, 0) is 9.59 Å². The number of Topliss-reactive ketones (excluding diaryl/α,β-unsaturated/α-hetero) is 1. The molecule has 1 aromatic rings. The predicted molar refractivity (Wildman–Crippen MR) is 52.7 cm³/mol. The number of nitrogens with one attached hydrogen (secondary N) is 1. The number of amides is 1. The number of rotatable bonds is 4. The van der Waals surface area contributed by atoms with Crippen LogP contribution in [0, 0.1) is 5.95 Å². The molecule has 0 radical (unpaired) electrons. The average molecular weight is 210 g/mol. The molecule has 1 amide bonds. The molecule has 0 spiro atoms. The number of carbonyl (C=O) groups excluding carboxylic acids is 2. The molecule has 0 aliphatic carbocycles. The Morgan fingerprint density at radius 3 is 2.73 bits per heavy atom. The van der Waals surface area contributed by atoms with Crippen LogP contribution in [0.25, 0.3) is 0 Å². The molecular formula is C10H11FN2O2. The Hall–Kier alpha value is -1.78. The van der Waals surface area contributed by atoms with Crippen molar-refractivity contribution >= 4 is 17.5 Å². The summed E-state index contributed by atoms with van der Waals surface area (Å²) in [6, 6.07) is 4.11. The van der Waals surface area contributed by atoms with E-state index in [4.69, 9.17) is 0 Å². The third-order valence-electron chi connectivity index (χ3n) is 1.69. The third-order valence-corrected chi connectivity index (χ3v) is 1.69. The van der Waals surface area contributed by atoms with E-state index >= 15 is 0 Å². The van der Waals surface area contributed by atoms with Gasteiger partial charge in [0.2, 0.25) is 11.9 Å². The molecule has 0 aliphatic rings. The number of carbonyl (C=O) groups is 2. The summed E-state index contributed by atoms with van der Waals surface area (Å²) in [4.78, 5) is 25.3. The van der Waals surface area contributed by atoms with Crippen LogP contribution in [0.1, 0.15) is 19.8 Å². The van der Waals surface area contributed by atoms with E-state index in [0.717, 1.165) is 0 Å². The second-order valence-electron chi connectivity index (χ2n) is 3.10. The molecule has 0 saturated carbocycles. The molecule has 80 valence electrons. The number of ketones is 1. The van der Waals surface area contributed by atoms with Crippen LogP contribution in [0.15, 0.2) is 18.2 Å². The van der Waals surface area contributed by atoms with Crippen LogP contribution in [0.3, 0.4) is 0 Å². The Morgan fingerprint density at radius 1 is 1.40 bits per heavy atom. The zero-order valence-corrected chi connectivity index (χ0v) is 8.29. The predicted octanol–water partition coefficient (Wildman–Crippen LogP) is 1.53. The molecule has 1 rings (SSSR count). The minimum absolute atomic E-state index is 0.0580. The molecule has 0 saturated heterocycles. The lowest BCUT2D eigenvalue weighted by molar-refractivity contribution is -0.121. The molecule has 1 aromatic heterocycles. The summed E-state index contributed by atoms with van der Waals surface area (Å²) in [6.07, 6.45) is 0.272. The molecule has 15 heavy (non-hydrogen) atoms. The summed E-state index contributed by atoms with van der Waals surface area (Å²) >= 11 is 0. The van der Waals surface area contributed by atoms with Crippen molar-refractivity contribution in [3.8, 4) is 0 Å². The average Bonchev–Trinajstić information content (AvgIpc) is 2.15. The highest BCUT2D eigenvalue weighted by Gasteiger charge is 2.05. The van der Waals surface area contributed by atoms with Crippen molar-refractivity contribution in [3.63, 3.8) is 0 Å². The number of hydrogen-bond donors (Lipinski definition) is 1. The van der Waals surface area contributed by atoms with Crippen LogP contribution < -0.4 is 5.32 Å². The summed E-state index contributed by atoms with van der Waals surface area (Å²) in [5.74, 6) is -0.899. The van der Waals surface area contributed by atoms with Crippen molar-refractivity contribution in [1.29, 1.82) is 0 Å². The number of aromatic nitrogens is 1. The van der Waals surface area contributed by atoms with Gasteiger partial charge in [0.15, 0.2) is 0 Å². The van der Waals surface area contributed by atoms with E-state index < -0.39 is 5.95 Å². The van der Waals surface area contributed by atoms with Crippen LogP contribution in [-0.4, -0.2) is 16.7 Å². The van der Waals surface area contributed by atoms with Crippen LogP contribution in [0.4, 0.5) is 10.2 Å². The molecule has 1 N–H and O–H groups in total. The molecule has 0 unspecified atom stereocenters. The minimum atomic E-state index is -0.653. The smallest absolute Gasteiger partial charge is 0.225 e. The Balaban J connectivity index is 2.48. The molecule has 0 bridgehead atoms. The van der Waals surface area contributed by atoms with E-state index in [2.05, 4.69) is 10.3 Å². The number of nitrogens with zero attached hydrogens (tertiary/aromatic N) is 1. The van der Waals surface area contributed by atoms with E-state index in [1.54, 1.807) is 0 Å². The lowest BCUT2D eigenvalue weighted by Gasteiger charge is -2.02. The van der Waals surface area contributed by atoms with Crippen LogP contribution in [0.5, 0.6) is 0 Å². The Morgan fingerprint density at radius 2 is 2.13 bits per heavy atom. The van der Waals surface area contributed by atoms with Gasteiger partial charge in [0.25, 0.3) is 0 Å². The van der Waals surface area contributed by atoms with Crippen molar-refractivity contribution in [2.45, 2.75) is 19.8 Å². The molecule has 5 heteroatoms. The highest BCUT2D eigenvalue weighted by molar-refractivity contribution is 5.92. The van der Waals surface area contributed by atoms with Gasteiger partial charge in [-0.25, -0.2) is 4.98 Å². The van der Waals surface area contributed by atoms with E-state index in [0.29, 0.717) is 0 Å². The topological polar surface area (TPSA) is 59.1 Å². The number of hydrogen-bond acceptors (Lipinski definition) is 3. The number of anilines is 1. The van der Waals surface area contributed by atoms with Crippen molar-refractivity contribution in [2.75, 3.05) is 5.32 Å². The van der Waals surface area contributed by atoms with E-state index in [1.165, 1.54) is 25.1 Å². The minimum Gasteiger partial charge on any atom is -0.311 e. The molecule has 0 fully saturated rings. The highest BCUT2D eigenvalue weighted by atomic mass is 19.1. The van der Waals surface area contributed by atoms with Gasteiger partial charge in [0.1, 0.15) is 11.6 Å². The van der Waals surface area contributed by atoms with E-state index in [-0.39, 0.29) is 30.3 Å². The van der Waals surface area contributed by atoms with Crippen LogP contribution >= 0.6 is 0 Å². The standard InChI is InChI=1S/C10H11FN2O2/c1-7(14)5-6-10(15)13-9-4-2-3-8(11)12-9/h2-4H,5-6H2,1H3,(H,12,13,15). The number of pyridine rings is 1. The summed E-state index contributed by atoms with van der Waals surface area (Å²) in [7, 11) is 0. The Kier molecular flexibility index (Phi) is 3.91. The molecular weight excluding hydrogens is 199 g/mol. The molecule has 0 atom stereocenters. The first kappa shape index (κ1) is 11.3. The Bertz CT molecular complexity index is 379. The monoisotopic (exact) mass is 210 g/mol. The third kappa shape index (κ3) is 4.30. The van der Waals surface area contributed by atoms with Gasteiger partial charge in [0, 0.05) is 12.8 Å². The molecule has 0 aliphatic heterocycles. The SMILES string of the molecule is CC(=O)CCC(=O)Nc1cccc(F)n1. The van der Waals surface area contributed by atoms with Gasteiger partial charge < -0.3 is 10.1 Å². The summed E-state index contributed by atoms with van der Waals surface area (Å²) < 4.78 is 12.6. The first-order chi connectivity index (χ1) is 7.08. The van der Waals surface area contributed by atoms with Gasteiger partial charge in [-0.15, -0.1) is 0 Å². The quantitative estimate of drug-likeness (QED) is 0.766. The second-order valence-corrected chi connectivity index (χ2v) is 3.10. The molecule has 0 aromatic carbocycles. The first-order valence-electron chi connectivity index (χ1n) is 4.50. The fourth-order valence-corrected chi connectivity index (χ4v) is 0.973. The van der Waals surface area contributed by atoms with Gasteiger partial charge >= 0.3 is 0 Å². The van der Waals surface area contributed by atoms with Gasteiger partial charge in [-0.05, 0) is 19.1 Å². The lowest BCUT2D eigenvalue weighted by atomic mass is 10.2. The van der Waals surface area contributed by atoms with Crippen molar-refractivity contribution in [2.24, 2.45) is 0 Å². The fraction of sp³-hybridized carbons (Fsp3) is 0.300. The lowest BCUT2D eigenvalue weighted by Crippen LogP contribution is -2.13. The first-order valence-corrected chi connectivity index (χ1v) is 4.50. The second kappa shape index (κ2) is 5.19. The highest BCUT2D eigenvalue weighted by Crippen LogP contribution is 2.04. The molecule has 1 heterocycles. The Labute approximate surface area is 86.5 Å². The van der Waals surface area contributed by atoms with Crippen molar-refractivity contribution < 1.29 is 14.0 Å². The van der Waals surface area contributed by atoms with Gasteiger partial charge in [-0.2, -0.15) is 4.39 Å². The summed E-state index contributed by atoms with van der Waals surface area (Å²) in [5.41, 5.74) is 0. The van der Waals surface area contributed by atoms with Gasteiger partial charge in [-0.3, -0.25) is 4.79 Å². The fourth-order valence-electron chi connectivity index (χ4n) is 0.973. The summed E-state index contributed by atoms with van der Waals surface area (Å²) in [6.45, 7) is 1.41. The van der Waals surface area contributed by atoms with Crippen molar-refractivity contribution in [3.05, 3.63) is 24.1 Å². The van der Waals surface area contributed by atoms with Crippen LogP contribution in [0.2, 0.25) is 0 Å². The van der Waals surface area contributed by atoms with E-state index in [9.17, 15) is 14.0 Å². The van der Waals surface area contributed by atoms with Gasteiger partial charge in [-0.1, -0.05) is 6.07 Å². The maximum Gasteiger partial charge on any atom is 0.225 e. The maximum absolute atomic E-state index is 12.6. The normalized spacial score (nSPS) is 9.73. The largest absolute Gasteiger partial charge is 0.311 e. The summed E-state index contributed by atoms with van der Waals surface area (Å²) in [5, 5.41) is 2.40. The van der Waals surface area contributed by atoms with Gasteiger partial charge in [0.05, 0.1) is 0 Å². The van der Waals surface area contributed by atoms with Crippen molar-refractivity contribution in [1.82, 2.24) is 4.98 Å². The zero-order valence-electron chi connectivity index (χ0n) is 8.29. The van der Waals surface area contributed by atoms with E-state index in [1.807, 2.05) is 0 Å². The number of halogens is 1.